The lowest BCUT2D eigenvalue weighted by atomic mass is 9.85. The predicted octanol–water partition coefficient (Wildman–Crippen LogP) is 0.0636. The second kappa shape index (κ2) is 10.0. The van der Waals surface area contributed by atoms with Crippen molar-refractivity contribution in [3.63, 3.8) is 0 Å². The zero-order valence-electron chi connectivity index (χ0n) is 15.3. The molecule has 2 aromatic carbocycles. The quantitative estimate of drug-likeness (QED) is 0.498. The summed E-state index contributed by atoms with van der Waals surface area (Å²) in [4.78, 5) is 0. The number of hydrogen-bond donors (Lipinski definition) is 3. The molecular weight excluding hydrogens is 378 g/mol. The first kappa shape index (κ1) is 21.6. The standard InChI is InChI=1S/C22H25NO2S.ClH/c1-17(21(24)18-8-4-2-5-9-18)23-14-13-22(25,20-12-15-26-16-20)19-10-6-3-7-11-19;/h2-12,15-17,21,23-25H,13-14H2,1H3;1H. The van der Waals surface area contributed by atoms with E-state index >= 15 is 0 Å². The van der Waals surface area contributed by atoms with E-state index < -0.39 is 11.7 Å². The fourth-order valence-corrected chi connectivity index (χ4v) is 4.03. The molecule has 1 aromatic heterocycles. The Balaban J connectivity index is 0.00000261. The van der Waals surface area contributed by atoms with Gasteiger partial charge in [-0.25, -0.2) is 0 Å². The van der Waals surface area contributed by atoms with Gasteiger partial charge in [-0.15, -0.1) is 0 Å². The van der Waals surface area contributed by atoms with Crippen LogP contribution in [0.4, 0.5) is 0 Å². The molecule has 3 atom stereocenters. The minimum Gasteiger partial charge on any atom is -1.00 e. The summed E-state index contributed by atoms with van der Waals surface area (Å²) in [6, 6.07) is 21.5. The molecule has 0 bridgehead atoms. The summed E-state index contributed by atoms with van der Waals surface area (Å²) < 4.78 is 0. The monoisotopic (exact) mass is 403 g/mol. The van der Waals surface area contributed by atoms with Gasteiger partial charge in [-0.2, -0.15) is 11.3 Å². The van der Waals surface area contributed by atoms with Crippen molar-refractivity contribution in [3.8, 4) is 0 Å². The number of rotatable bonds is 8. The third-order valence-corrected chi connectivity index (χ3v) is 5.62. The third-order valence-electron chi connectivity index (χ3n) is 4.93. The molecule has 0 saturated carbocycles. The third kappa shape index (κ3) is 5.18. The van der Waals surface area contributed by atoms with Crippen LogP contribution in [-0.4, -0.2) is 22.8 Å². The maximum atomic E-state index is 11.4. The molecule has 0 fully saturated rings. The average Bonchev–Trinajstić information content (AvgIpc) is 3.24. The molecule has 3 rings (SSSR count). The highest BCUT2D eigenvalue weighted by Gasteiger charge is 2.33. The molecule has 4 N–H and O–H groups in total. The first-order valence-electron chi connectivity index (χ1n) is 8.98. The lowest BCUT2D eigenvalue weighted by Gasteiger charge is -2.28. The lowest BCUT2D eigenvalue weighted by Crippen LogP contribution is -3.00. The van der Waals surface area contributed by atoms with Gasteiger partial charge in [-0.3, -0.25) is 0 Å². The Morgan fingerprint density at radius 3 is 2.19 bits per heavy atom. The molecule has 5 heteroatoms. The molecule has 0 aliphatic rings. The summed E-state index contributed by atoms with van der Waals surface area (Å²) in [6.07, 6.45) is 0.0572. The number of nitrogens with two attached hydrogens (primary N) is 1. The molecule has 1 heterocycles. The van der Waals surface area contributed by atoms with E-state index in [0.29, 0.717) is 13.0 Å². The number of thiophene rings is 1. The first-order valence-corrected chi connectivity index (χ1v) is 9.92. The molecule has 144 valence electrons. The Morgan fingerprint density at radius 1 is 0.963 bits per heavy atom. The fraction of sp³-hybridized carbons (Fsp3) is 0.273. The van der Waals surface area contributed by atoms with Crippen molar-refractivity contribution in [3.05, 3.63) is 94.2 Å². The minimum atomic E-state index is -1.00. The Morgan fingerprint density at radius 2 is 1.59 bits per heavy atom. The van der Waals surface area contributed by atoms with Crippen molar-refractivity contribution < 1.29 is 27.9 Å². The summed E-state index contributed by atoms with van der Waals surface area (Å²) in [5.41, 5.74) is 1.75. The SMILES string of the molecule is CC([NH2+]CCC(O)(c1ccccc1)c1ccsc1)C(O)c1ccccc1.[Cl-]. The van der Waals surface area contributed by atoms with Crippen LogP contribution in [0.15, 0.2) is 77.5 Å². The predicted molar refractivity (Wildman–Crippen MR) is 106 cm³/mol. The number of aliphatic hydroxyl groups excluding tert-OH is 1. The van der Waals surface area contributed by atoms with Crippen molar-refractivity contribution in [1.29, 1.82) is 0 Å². The summed E-state index contributed by atoms with van der Waals surface area (Å²) >= 11 is 1.59. The molecule has 27 heavy (non-hydrogen) atoms. The Kier molecular flexibility index (Phi) is 8.02. The van der Waals surface area contributed by atoms with Gasteiger partial charge >= 0.3 is 0 Å². The summed E-state index contributed by atoms with van der Waals surface area (Å²) in [6.45, 7) is 2.73. The van der Waals surface area contributed by atoms with Gasteiger partial charge in [0.2, 0.25) is 0 Å². The van der Waals surface area contributed by atoms with E-state index in [0.717, 1.165) is 16.7 Å². The summed E-state index contributed by atoms with van der Waals surface area (Å²) in [7, 11) is 0. The van der Waals surface area contributed by atoms with Gasteiger partial charge in [0, 0.05) is 6.42 Å². The van der Waals surface area contributed by atoms with E-state index in [2.05, 4.69) is 5.32 Å². The largest absolute Gasteiger partial charge is 1.00 e. The zero-order valence-corrected chi connectivity index (χ0v) is 16.9. The van der Waals surface area contributed by atoms with Crippen molar-refractivity contribution in [2.75, 3.05) is 6.54 Å². The average molecular weight is 404 g/mol. The molecule has 0 amide bonds. The van der Waals surface area contributed by atoms with Crippen LogP contribution in [0.5, 0.6) is 0 Å². The molecule has 0 radical (unpaired) electrons. The van der Waals surface area contributed by atoms with Gasteiger partial charge < -0.3 is 27.9 Å². The first-order chi connectivity index (χ1) is 12.6. The van der Waals surface area contributed by atoms with Crippen LogP contribution in [0.2, 0.25) is 0 Å². The molecule has 0 aliphatic carbocycles. The van der Waals surface area contributed by atoms with Crippen LogP contribution in [0, 0.1) is 0 Å². The maximum absolute atomic E-state index is 11.4. The van der Waals surface area contributed by atoms with Crippen LogP contribution in [0.25, 0.3) is 0 Å². The Hall–Kier alpha value is -1.69. The maximum Gasteiger partial charge on any atom is 0.130 e. The fourth-order valence-electron chi connectivity index (χ4n) is 3.31. The topological polar surface area (TPSA) is 57.1 Å². The van der Waals surface area contributed by atoms with E-state index in [4.69, 9.17) is 0 Å². The lowest BCUT2D eigenvalue weighted by molar-refractivity contribution is -0.696. The van der Waals surface area contributed by atoms with E-state index in [-0.39, 0.29) is 18.4 Å². The van der Waals surface area contributed by atoms with E-state index in [1.807, 2.05) is 84.4 Å². The number of hydrogen-bond acceptors (Lipinski definition) is 3. The van der Waals surface area contributed by atoms with Crippen molar-refractivity contribution in [2.45, 2.75) is 31.1 Å². The smallest absolute Gasteiger partial charge is 0.130 e. The highest BCUT2D eigenvalue weighted by molar-refractivity contribution is 7.08. The normalized spacial score (nSPS) is 15.4. The number of aliphatic hydroxyl groups is 2. The minimum absolute atomic E-state index is 0. The van der Waals surface area contributed by atoms with E-state index in [1.165, 1.54) is 0 Å². The molecule has 3 aromatic rings. The summed E-state index contributed by atoms with van der Waals surface area (Å²) in [5, 5.41) is 28.1. The van der Waals surface area contributed by atoms with Crippen LogP contribution in [0.1, 0.15) is 36.1 Å². The highest BCUT2D eigenvalue weighted by Crippen LogP contribution is 2.33. The molecule has 0 spiro atoms. The number of benzene rings is 2. The highest BCUT2D eigenvalue weighted by atomic mass is 35.5. The van der Waals surface area contributed by atoms with E-state index in [9.17, 15) is 10.2 Å². The van der Waals surface area contributed by atoms with Gasteiger partial charge in [0.05, 0.1) is 6.54 Å². The molecular formula is C22H26ClNO2S. The second-order valence-corrected chi connectivity index (χ2v) is 7.51. The molecule has 0 saturated heterocycles. The molecule has 3 nitrogen and oxygen atoms in total. The second-order valence-electron chi connectivity index (χ2n) is 6.73. The molecule has 0 aliphatic heterocycles. The van der Waals surface area contributed by atoms with Crippen LogP contribution in [-0.2, 0) is 5.60 Å². The van der Waals surface area contributed by atoms with Crippen LogP contribution >= 0.6 is 11.3 Å². The van der Waals surface area contributed by atoms with Crippen molar-refractivity contribution >= 4 is 11.3 Å². The number of halogens is 1. The van der Waals surface area contributed by atoms with Gasteiger partial charge in [-0.1, -0.05) is 60.7 Å². The molecule has 3 unspecified atom stereocenters. The van der Waals surface area contributed by atoms with Crippen molar-refractivity contribution in [2.24, 2.45) is 0 Å². The Bertz CT molecular complexity index is 783. The van der Waals surface area contributed by atoms with Crippen LogP contribution in [0.3, 0.4) is 0 Å². The van der Waals surface area contributed by atoms with Crippen molar-refractivity contribution in [1.82, 2.24) is 0 Å². The van der Waals surface area contributed by atoms with Crippen LogP contribution < -0.4 is 17.7 Å². The number of quaternary nitrogens is 1. The van der Waals surface area contributed by atoms with Gasteiger partial charge in [-0.05, 0) is 40.4 Å². The van der Waals surface area contributed by atoms with Gasteiger partial charge in [0.1, 0.15) is 17.7 Å². The summed E-state index contributed by atoms with van der Waals surface area (Å²) in [5.74, 6) is 0. The van der Waals surface area contributed by atoms with Gasteiger partial charge in [0.15, 0.2) is 0 Å². The van der Waals surface area contributed by atoms with Gasteiger partial charge in [0.25, 0.3) is 0 Å². The zero-order chi connectivity index (χ0) is 18.4. The van der Waals surface area contributed by atoms with E-state index in [1.54, 1.807) is 11.3 Å². The Labute approximate surface area is 171 Å².